The molecule has 2 heterocycles. The van der Waals surface area contributed by atoms with Crippen molar-refractivity contribution in [3.8, 4) is 11.5 Å². The predicted octanol–water partition coefficient (Wildman–Crippen LogP) is 3.67. The van der Waals surface area contributed by atoms with E-state index in [-0.39, 0.29) is 41.8 Å². The van der Waals surface area contributed by atoms with Gasteiger partial charge in [-0.1, -0.05) is 30.3 Å². The number of ether oxygens (including phenoxy) is 3. The van der Waals surface area contributed by atoms with Crippen molar-refractivity contribution in [2.45, 2.75) is 44.4 Å². The molecule has 2 saturated heterocycles. The smallest absolute Gasteiger partial charge is 0.223 e. The normalized spacial score (nSPS) is 27.0. The van der Waals surface area contributed by atoms with Crippen LogP contribution in [0.25, 0.3) is 0 Å². The van der Waals surface area contributed by atoms with Gasteiger partial charge in [0.2, 0.25) is 5.91 Å². The van der Waals surface area contributed by atoms with Gasteiger partial charge in [0.25, 0.3) is 0 Å². The van der Waals surface area contributed by atoms with Crippen LogP contribution < -0.4 is 10.1 Å². The first kappa shape index (κ1) is 20.2. The summed E-state index contributed by atoms with van der Waals surface area (Å²) in [5.41, 5.74) is 1.57. The number of Topliss-reactive ketones (excluding diaryl/α,β-unsaturated/α-hetero) is 1. The van der Waals surface area contributed by atoms with E-state index in [1.165, 1.54) is 0 Å². The minimum Gasteiger partial charge on any atom is -0.456 e. The average Bonchev–Trinajstić information content (AvgIpc) is 3.45. The number of carbonyl (C=O) groups is 2. The SMILES string of the molecule is Cc1ccccc1Oc1ccccc1C(=O)C[C@H]1CO[C@H]2[C@@H]1OC[C@@H]2NC(=O)C1CC1. The molecule has 2 aromatic rings. The maximum atomic E-state index is 13.2. The molecule has 6 heteroatoms. The second-order valence-corrected chi connectivity index (χ2v) is 8.74. The molecule has 3 aliphatic rings. The van der Waals surface area contributed by atoms with Gasteiger partial charge in [0.05, 0.1) is 30.9 Å². The molecular formula is C25H27NO5. The number of rotatable bonds is 7. The molecule has 0 radical (unpaired) electrons. The zero-order valence-electron chi connectivity index (χ0n) is 17.6. The number of aryl methyl sites for hydroxylation is 1. The predicted molar refractivity (Wildman–Crippen MR) is 114 cm³/mol. The van der Waals surface area contributed by atoms with Crippen molar-refractivity contribution in [3.63, 3.8) is 0 Å². The van der Waals surface area contributed by atoms with E-state index in [1.54, 1.807) is 6.07 Å². The highest BCUT2D eigenvalue weighted by molar-refractivity contribution is 5.99. The van der Waals surface area contributed by atoms with E-state index in [9.17, 15) is 9.59 Å². The van der Waals surface area contributed by atoms with Gasteiger partial charge in [-0.25, -0.2) is 0 Å². The Balaban J connectivity index is 1.25. The number of para-hydroxylation sites is 2. The van der Waals surface area contributed by atoms with E-state index in [0.29, 0.717) is 30.9 Å². The number of benzene rings is 2. The van der Waals surface area contributed by atoms with Gasteiger partial charge in [-0.15, -0.1) is 0 Å². The molecule has 2 aromatic carbocycles. The molecule has 0 aromatic heterocycles. The molecule has 0 spiro atoms. The van der Waals surface area contributed by atoms with Gasteiger partial charge in [0.15, 0.2) is 5.78 Å². The Hall–Kier alpha value is -2.70. The number of ketones is 1. The lowest BCUT2D eigenvalue weighted by molar-refractivity contribution is -0.123. The first-order chi connectivity index (χ1) is 15.1. The van der Waals surface area contributed by atoms with Crippen molar-refractivity contribution in [1.82, 2.24) is 5.32 Å². The second-order valence-electron chi connectivity index (χ2n) is 8.74. The molecule has 1 aliphatic carbocycles. The van der Waals surface area contributed by atoms with Crippen LogP contribution in [0.4, 0.5) is 0 Å². The maximum absolute atomic E-state index is 13.2. The summed E-state index contributed by atoms with van der Waals surface area (Å²) in [5, 5.41) is 3.07. The molecule has 5 rings (SSSR count). The standard InChI is InChI=1S/C25H27NO5/c1-15-6-2-4-8-21(15)31-22-9-5-3-7-18(22)20(27)12-17-13-29-24-19(14-30-23(17)24)26-25(28)16-10-11-16/h2-9,16-17,19,23-24H,10-14H2,1H3,(H,26,28)/t17-,19-,23+,24+/m0/s1. The summed E-state index contributed by atoms with van der Waals surface area (Å²) >= 11 is 0. The van der Waals surface area contributed by atoms with E-state index in [4.69, 9.17) is 14.2 Å². The minimum absolute atomic E-state index is 0.00694. The molecule has 2 aliphatic heterocycles. The third kappa shape index (κ3) is 4.23. The zero-order chi connectivity index (χ0) is 21.4. The summed E-state index contributed by atoms with van der Waals surface area (Å²) in [6.45, 7) is 2.87. The molecule has 3 fully saturated rings. The van der Waals surface area contributed by atoms with E-state index >= 15 is 0 Å². The van der Waals surface area contributed by atoms with Crippen LogP contribution >= 0.6 is 0 Å². The third-order valence-electron chi connectivity index (χ3n) is 6.38. The van der Waals surface area contributed by atoms with E-state index < -0.39 is 0 Å². The number of hydrogen-bond donors (Lipinski definition) is 1. The zero-order valence-corrected chi connectivity index (χ0v) is 17.6. The van der Waals surface area contributed by atoms with Gasteiger partial charge < -0.3 is 19.5 Å². The van der Waals surface area contributed by atoms with E-state index in [1.807, 2.05) is 49.4 Å². The average molecular weight is 421 g/mol. The maximum Gasteiger partial charge on any atom is 0.223 e. The van der Waals surface area contributed by atoms with E-state index in [0.717, 1.165) is 24.2 Å². The number of carbonyl (C=O) groups excluding carboxylic acids is 2. The van der Waals surface area contributed by atoms with Crippen LogP contribution in [-0.2, 0) is 14.3 Å². The summed E-state index contributed by atoms with van der Waals surface area (Å²) in [6.07, 6.45) is 1.90. The Morgan fingerprint density at radius 1 is 0.968 bits per heavy atom. The van der Waals surface area contributed by atoms with Crippen LogP contribution in [0.1, 0.15) is 35.2 Å². The Bertz CT molecular complexity index is 985. The van der Waals surface area contributed by atoms with Crippen LogP contribution in [0.5, 0.6) is 11.5 Å². The lowest BCUT2D eigenvalue weighted by atomic mass is 9.92. The molecule has 0 bridgehead atoms. The first-order valence-electron chi connectivity index (χ1n) is 11.0. The Labute approximate surface area is 181 Å². The lowest BCUT2D eigenvalue weighted by Gasteiger charge is -2.18. The minimum atomic E-state index is -0.182. The fraction of sp³-hybridized carbons (Fsp3) is 0.440. The Kier molecular flexibility index (Phi) is 5.50. The highest BCUT2D eigenvalue weighted by Gasteiger charge is 2.49. The largest absolute Gasteiger partial charge is 0.456 e. The lowest BCUT2D eigenvalue weighted by Crippen LogP contribution is -2.44. The number of hydrogen-bond acceptors (Lipinski definition) is 5. The molecule has 1 N–H and O–H groups in total. The molecular weight excluding hydrogens is 394 g/mol. The highest BCUT2D eigenvalue weighted by atomic mass is 16.6. The molecule has 1 amide bonds. The number of amides is 1. The third-order valence-corrected chi connectivity index (χ3v) is 6.38. The van der Waals surface area contributed by atoms with Crippen molar-refractivity contribution in [3.05, 3.63) is 59.7 Å². The van der Waals surface area contributed by atoms with Gasteiger partial charge in [-0.2, -0.15) is 0 Å². The summed E-state index contributed by atoms with van der Waals surface area (Å²) in [7, 11) is 0. The molecule has 1 saturated carbocycles. The quantitative estimate of drug-likeness (QED) is 0.691. The van der Waals surface area contributed by atoms with Crippen LogP contribution in [0.15, 0.2) is 48.5 Å². The molecule has 0 unspecified atom stereocenters. The molecule has 31 heavy (non-hydrogen) atoms. The van der Waals surface area contributed by atoms with Crippen molar-refractivity contribution in [1.29, 1.82) is 0 Å². The van der Waals surface area contributed by atoms with Crippen LogP contribution in [0.3, 0.4) is 0 Å². The van der Waals surface area contributed by atoms with Crippen molar-refractivity contribution < 1.29 is 23.8 Å². The van der Waals surface area contributed by atoms with Gasteiger partial charge >= 0.3 is 0 Å². The fourth-order valence-electron chi connectivity index (χ4n) is 4.45. The highest BCUT2D eigenvalue weighted by Crippen LogP contribution is 2.36. The van der Waals surface area contributed by atoms with Crippen LogP contribution in [0.2, 0.25) is 0 Å². The summed E-state index contributed by atoms with van der Waals surface area (Å²) in [5.74, 6) is 1.51. The molecule has 162 valence electrons. The Morgan fingerprint density at radius 2 is 1.68 bits per heavy atom. The van der Waals surface area contributed by atoms with Crippen LogP contribution in [-0.4, -0.2) is 43.2 Å². The van der Waals surface area contributed by atoms with Gasteiger partial charge in [0.1, 0.15) is 17.6 Å². The first-order valence-corrected chi connectivity index (χ1v) is 11.0. The van der Waals surface area contributed by atoms with Gasteiger partial charge in [-0.3, -0.25) is 9.59 Å². The van der Waals surface area contributed by atoms with Gasteiger partial charge in [0, 0.05) is 18.3 Å². The summed E-state index contributed by atoms with van der Waals surface area (Å²) in [6, 6.07) is 15.0. The Morgan fingerprint density at radius 3 is 2.45 bits per heavy atom. The molecule has 6 nitrogen and oxygen atoms in total. The van der Waals surface area contributed by atoms with Crippen LogP contribution in [0, 0.1) is 18.8 Å². The van der Waals surface area contributed by atoms with Gasteiger partial charge in [-0.05, 0) is 43.5 Å². The monoisotopic (exact) mass is 421 g/mol. The van der Waals surface area contributed by atoms with Crippen molar-refractivity contribution in [2.24, 2.45) is 11.8 Å². The van der Waals surface area contributed by atoms with Crippen molar-refractivity contribution in [2.75, 3.05) is 13.2 Å². The molecule has 4 atom stereocenters. The summed E-state index contributed by atoms with van der Waals surface area (Å²) < 4.78 is 18.0. The topological polar surface area (TPSA) is 73.9 Å². The second kappa shape index (κ2) is 8.44. The number of fused-ring (bicyclic) bond motifs is 1. The summed E-state index contributed by atoms with van der Waals surface area (Å²) in [4.78, 5) is 25.3. The fourth-order valence-corrected chi connectivity index (χ4v) is 4.45. The number of nitrogens with one attached hydrogen (secondary N) is 1. The van der Waals surface area contributed by atoms with E-state index in [2.05, 4.69) is 5.32 Å². The van der Waals surface area contributed by atoms with Crippen molar-refractivity contribution >= 4 is 11.7 Å².